The quantitative estimate of drug-likeness (QED) is 0.702. The van der Waals surface area contributed by atoms with E-state index < -0.39 is 0 Å². The Morgan fingerprint density at radius 2 is 2.07 bits per heavy atom. The lowest BCUT2D eigenvalue weighted by atomic mass is 9.91. The molecule has 2 heteroatoms. The third-order valence-electron chi connectivity index (χ3n) is 2.66. The molecule has 80 valence electrons. The van der Waals surface area contributed by atoms with Gasteiger partial charge in [0, 0.05) is 9.65 Å². The van der Waals surface area contributed by atoms with E-state index in [-0.39, 0.29) is 0 Å². The van der Waals surface area contributed by atoms with Gasteiger partial charge in [0.05, 0.1) is 0 Å². The maximum Gasteiger partial charge on any atom is 0.0374 e. The highest BCUT2D eigenvalue weighted by Crippen LogP contribution is 2.40. The van der Waals surface area contributed by atoms with E-state index in [9.17, 15) is 0 Å². The molecule has 0 aromatic heterocycles. The molecule has 0 fully saturated rings. The zero-order valence-corrected chi connectivity index (χ0v) is 11.2. The van der Waals surface area contributed by atoms with E-state index in [4.69, 9.17) is 0 Å². The van der Waals surface area contributed by atoms with Gasteiger partial charge < -0.3 is 0 Å². The molecule has 2 atom stereocenters. The second-order valence-electron chi connectivity index (χ2n) is 3.74. The first kappa shape index (κ1) is 12.3. The third-order valence-corrected chi connectivity index (χ3v) is 4.98. The van der Waals surface area contributed by atoms with Crippen LogP contribution in [0.5, 0.6) is 0 Å². The molecule has 0 bridgehead atoms. The van der Waals surface area contributed by atoms with Gasteiger partial charge in [0.15, 0.2) is 0 Å². The maximum atomic E-state index is 2.41. The summed E-state index contributed by atoms with van der Waals surface area (Å²) in [4.78, 5) is 1.44. The van der Waals surface area contributed by atoms with Crippen molar-refractivity contribution in [3.8, 4) is 0 Å². The fourth-order valence-electron chi connectivity index (χ4n) is 1.62. The summed E-state index contributed by atoms with van der Waals surface area (Å²) in [5.74, 6) is 3.00. The predicted molar refractivity (Wildman–Crippen MR) is 71.1 cm³/mol. The summed E-state index contributed by atoms with van der Waals surface area (Å²) in [6.45, 7) is 9.10. The summed E-state index contributed by atoms with van der Waals surface area (Å²) >= 11 is 3.98. The van der Waals surface area contributed by atoms with Gasteiger partial charge in [0.25, 0.3) is 0 Å². The van der Waals surface area contributed by atoms with Gasteiger partial charge in [-0.1, -0.05) is 39.0 Å². The van der Waals surface area contributed by atoms with Crippen LogP contribution in [0, 0.1) is 5.92 Å². The largest absolute Gasteiger partial charge is 0.151 e. The lowest BCUT2D eigenvalue weighted by Gasteiger charge is -2.33. The molecular formula is C12H20S2. The van der Waals surface area contributed by atoms with Crippen molar-refractivity contribution in [1.82, 2.24) is 0 Å². The minimum absolute atomic E-state index is 0.312. The van der Waals surface area contributed by atoms with E-state index in [1.165, 1.54) is 16.4 Å². The molecule has 0 aromatic carbocycles. The molecule has 2 unspecified atom stereocenters. The molecule has 0 saturated carbocycles. The SMILES string of the molecule is CCSC1=CC(C)C(C)(SCC)C=C1. The van der Waals surface area contributed by atoms with Crippen molar-refractivity contribution < 1.29 is 0 Å². The fourth-order valence-corrected chi connectivity index (χ4v) is 3.54. The van der Waals surface area contributed by atoms with Crippen molar-refractivity contribution in [1.29, 1.82) is 0 Å². The van der Waals surface area contributed by atoms with E-state index in [1.54, 1.807) is 0 Å². The van der Waals surface area contributed by atoms with E-state index in [1.807, 2.05) is 23.5 Å². The van der Waals surface area contributed by atoms with Crippen LogP contribution in [0.15, 0.2) is 23.1 Å². The van der Waals surface area contributed by atoms with Gasteiger partial charge in [0.1, 0.15) is 0 Å². The Hall–Kier alpha value is 0.180. The normalized spacial score (nSPS) is 31.7. The number of rotatable bonds is 4. The van der Waals surface area contributed by atoms with Crippen LogP contribution in [0.25, 0.3) is 0 Å². The molecule has 0 aliphatic heterocycles. The molecule has 14 heavy (non-hydrogen) atoms. The average Bonchev–Trinajstić information content (AvgIpc) is 2.13. The number of allylic oxidation sites excluding steroid dienone is 2. The van der Waals surface area contributed by atoms with Crippen LogP contribution in [-0.2, 0) is 0 Å². The molecule has 0 nitrogen and oxygen atoms in total. The Morgan fingerprint density at radius 1 is 1.36 bits per heavy atom. The van der Waals surface area contributed by atoms with Crippen molar-refractivity contribution in [2.45, 2.75) is 32.4 Å². The molecule has 1 rings (SSSR count). The van der Waals surface area contributed by atoms with Gasteiger partial charge in [-0.2, -0.15) is 11.8 Å². The molecule has 0 saturated heterocycles. The zero-order chi connectivity index (χ0) is 10.6. The van der Waals surface area contributed by atoms with Crippen LogP contribution in [0.4, 0.5) is 0 Å². The Kier molecular flexibility index (Phi) is 4.65. The number of hydrogen-bond donors (Lipinski definition) is 0. The molecule has 0 aromatic rings. The average molecular weight is 228 g/mol. The van der Waals surface area contributed by atoms with Crippen LogP contribution in [0.1, 0.15) is 27.7 Å². The first-order valence-electron chi connectivity index (χ1n) is 5.30. The second-order valence-corrected chi connectivity index (χ2v) is 6.82. The molecule has 0 amide bonds. The van der Waals surface area contributed by atoms with Gasteiger partial charge in [-0.05, 0) is 24.3 Å². The maximum absolute atomic E-state index is 2.41. The first-order chi connectivity index (χ1) is 6.62. The molecule has 1 aliphatic carbocycles. The fraction of sp³-hybridized carbons (Fsp3) is 0.667. The van der Waals surface area contributed by atoms with Crippen LogP contribution in [-0.4, -0.2) is 16.3 Å². The number of hydrogen-bond acceptors (Lipinski definition) is 2. The highest BCUT2D eigenvalue weighted by atomic mass is 32.2. The lowest BCUT2D eigenvalue weighted by molar-refractivity contribution is 0.599. The first-order valence-corrected chi connectivity index (χ1v) is 7.27. The van der Waals surface area contributed by atoms with Crippen molar-refractivity contribution in [2.75, 3.05) is 11.5 Å². The monoisotopic (exact) mass is 228 g/mol. The smallest absolute Gasteiger partial charge is 0.0374 e. The topological polar surface area (TPSA) is 0 Å². The molecular weight excluding hydrogens is 208 g/mol. The van der Waals surface area contributed by atoms with Gasteiger partial charge in [-0.3, -0.25) is 0 Å². The van der Waals surface area contributed by atoms with Crippen LogP contribution >= 0.6 is 23.5 Å². The Labute approximate surface area is 96.6 Å². The summed E-state index contributed by atoms with van der Waals surface area (Å²) in [6.07, 6.45) is 7.08. The van der Waals surface area contributed by atoms with E-state index in [2.05, 4.69) is 45.9 Å². The molecule has 0 N–H and O–H groups in total. The highest BCUT2D eigenvalue weighted by Gasteiger charge is 2.29. The summed E-state index contributed by atoms with van der Waals surface area (Å²) < 4.78 is 0.312. The molecule has 0 spiro atoms. The van der Waals surface area contributed by atoms with E-state index >= 15 is 0 Å². The minimum Gasteiger partial charge on any atom is -0.151 e. The molecule has 0 radical (unpaired) electrons. The number of thioether (sulfide) groups is 2. The highest BCUT2D eigenvalue weighted by molar-refractivity contribution is 8.03. The second kappa shape index (κ2) is 5.32. The Morgan fingerprint density at radius 3 is 2.57 bits per heavy atom. The zero-order valence-electron chi connectivity index (χ0n) is 9.54. The summed E-state index contributed by atoms with van der Waals surface area (Å²) in [5.41, 5.74) is 0. The summed E-state index contributed by atoms with van der Waals surface area (Å²) in [6, 6.07) is 0. The van der Waals surface area contributed by atoms with Crippen LogP contribution < -0.4 is 0 Å². The van der Waals surface area contributed by atoms with Gasteiger partial charge >= 0.3 is 0 Å². The van der Waals surface area contributed by atoms with Crippen molar-refractivity contribution in [2.24, 2.45) is 5.92 Å². The van der Waals surface area contributed by atoms with Crippen molar-refractivity contribution >= 4 is 23.5 Å². The van der Waals surface area contributed by atoms with Crippen molar-refractivity contribution in [3.05, 3.63) is 23.1 Å². The van der Waals surface area contributed by atoms with Gasteiger partial charge in [0.2, 0.25) is 0 Å². The lowest BCUT2D eigenvalue weighted by Crippen LogP contribution is -2.27. The minimum atomic E-state index is 0.312. The van der Waals surface area contributed by atoms with Crippen molar-refractivity contribution in [3.63, 3.8) is 0 Å². The Bertz CT molecular complexity index is 243. The summed E-state index contributed by atoms with van der Waals surface area (Å²) in [7, 11) is 0. The molecule has 0 heterocycles. The summed E-state index contributed by atoms with van der Waals surface area (Å²) in [5, 5.41) is 0. The molecule has 1 aliphatic rings. The van der Waals surface area contributed by atoms with Crippen LogP contribution in [0.2, 0.25) is 0 Å². The Balaban J connectivity index is 2.69. The third kappa shape index (κ3) is 2.83. The van der Waals surface area contributed by atoms with Gasteiger partial charge in [-0.15, -0.1) is 11.8 Å². The van der Waals surface area contributed by atoms with E-state index in [0.29, 0.717) is 10.7 Å². The standard InChI is InChI=1S/C12H20S2/c1-5-13-11-7-8-12(4,14-6-2)10(3)9-11/h7-10H,5-6H2,1-4H3. The predicted octanol–water partition coefficient (Wildman–Crippen LogP) is 4.34. The van der Waals surface area contributed by atoms with Gasteiger partial charge in [-0.25, -0.2) is 0 Å². The van der Waals surface area contributed by atoms with Crippen LogP contribution in [0.3, 0.4) is 0 Å². The van der Waals surface area contributed by atoms with E-state index in [0.717, 1.165) is 0 Å².